The Balaban J connectivity index is 1.59. The van der Waals surface area contributed by atoms with Gasteiger partial charge in [0.1, 0.15) is 0 Å². The van der Waals surface area contributed by atoms with Gasteiger partial charge in [-0.2, -0.15) is 0 Å². The lowest BCUT2D eigenvalue weighted by Crippen LogP contribution is -2.66. The number of hydrogen-bond donors (Lipinski definition) is 0. The van der Waals surface area contributed by atoms with Gasteiger partial charge in [0.15, 0.2) is 0 Å². The van der Waals surface area contributed by atoms with Crippen molar-refractivity contribution in [2.75, 3.05) is 6.61 Å². The minimum atomic E-state index is -2.81. The van der Waals surface area contributed by atoms with E-state index in [9.17, 15) is 0 Å². The van der Waals surface area contributed by atoms with Gasteiger partial charge in [0.25, 0.3) is 8.32 Å². The molecule has 7 nitrogen and oxygen atoms in total. The molecule has 0 aliphatic carbocycles. The van der Waals surface area contributed by atoms with E-state index in [0.717, 1.165) is 0 Å². The van der Waals surface area contributed by atoms with Crippen molar-refractivity contribution in [1.82, 2.24) is 0 Å². The van der Waals surface area contributed by atoms with Crippen LogP contribution in [-0.4, -0.2) is 69.9 Å². The quantitative estimate of drug-likeness (QED) is 0.239. The Morgan fingerprint density at radius 3 is 1.14 bits per heavy atom. The smallest absolute Gasteiger partial charge is 0.407 e. The normalized spacial score (nSPS) is 24.5. The second kappa shape index (κ2) is 12.9. The lowest BCUT2D eigenvalue weighted by atomic mass is 9.39. The summed E-state index contributed by atoms with van der Waals surface area (Å²) in [5.74, 6) is -0.260. The Bertz CT molecular complexity index is 1320. The first-order valence-electron chi connectivity index (χ1n) is 18.2. The highest BCUT2D eigenvalue weighted by molar-refractivity contribution is 6.99. The lowest BCUT2D eigenvalue weighted by Gasteiger charge is -2.43. The minimum Gasteiger partial charge on any atom is -0.407 e. The standard InChI is InChI=1S/C38H61B3O7Si/c1-32(2,3)49(28-22-18-16-19-23-28,29-24-20-17-21-25-29)42-27-26-30(39-43-33(4,5)34(6,7)44-39)31(40-45-35(8,9)36(10,11)46-40)41-47-37(12,13)38(14,15)48-41/h16-25,30-31H,26-27H2,1-15H3/t30-/m0/s1. The molecule has 3 fully saturated rings. The van der Waals surface area contributed by atoms with Crippen LogP contribution in [0.15, 0.2) is 60.7 Å². The van der Waals surface area contributed by atoms with E-state index >= 15 is 0 Å². The van der Waals surface area contributed by atoms with Crippen molar-refractivity contribution in [2.45, 2.75) is 160 Å². The molecule has 0 N–H and O–H groups in total. The molecule has 3 heterocycles. The molecule has 0 unspecified atom stereocenters. The third-order valence-electron chi connectivity index (χ3n) is 12.5. The SMILES string of the molecule is CC1(C)OB(C(B2OC(C)(C)C(C)(C)O2)[C@H](CCO[Si](c2ccccc2)(c2ccccc2)C(C)(C)C)B2OC(C)(C)C(C)(C)O2)OC1(C)C. The first-order valence-corrected chi connectivity index (χ1v) is 20.1. The number of hydrogen-bond acceptors (Lipinski definition) is 7. The summed E-state index contributed by atoms with van der Waals surface area (Å²) in [5, 5.41) is 2.33. The molecule has 0 bridgehead atoms. The van der Waals surface area contributed by atoms with Crippen LogP contribution in [0, 0.1) is 0 Å². The Kier molecular flexibility index (Phi) is 10.2. The van der Waals surface area contributed by atoms with Crippen molar-refractivity contribution in [2.24, 2.45) is 0 Å². The van der Waals surface area contributed by atoms with E-state index in [1.807, 2.05) is 0 Å². The molecule has 3 aliphatic rings. The van der Waals surface area contributed by atoms with E-state index in [-0.39, 0.29) is 16.6 Å². The molecule has 0 amide bonds. The van der Waals surface area contributed by atoms with Gasteiger partial charge in [-0.15, -0.1) is 0 Å². The van der Waals surface area contributed by atoms with Crippen LogP contribution in [0.1, 0.15) is 110 Å². The highest BCUT2D eigenvalue weighted by atomic mass is 28.4. The maximum Gasteiger partial charge on any atom is 0.460 e. The molecule has 3 aliphatic heterocycles. The zero-order chi connectivity index (χ0) is 36.5. The van der Waals surface area contributed by atoms with Crippen LogP contribution in [0.5, 0.6) is 0 Å². The largest absolute Gasteiger partial charge is 0.460 e. The molecule has 0 saturated carbocycles. The molecule has 49 heavy (non-hydrogen) atoms. The summed E-state index contributed by atoms with van der Waals surface area (Å²) < 4.78 is 48.5. The fraction of sp³-hybridized carbons (Fsp3) is 0.684. The summed E-state index contributed by atoms with van der Waals surface area (Å²) in [7, 11) is -4.64. The molecule has 11 heteroatoms. The van der Waals surface area contributed by atoms with Gasteiger partial charge in [-0.3, -0.25) is 0 Å². The predicted octanol–water partition coefficient (Wildman–Crippen LogP) is 7.51. The zero-order valence-electron chi connectivity index (χ0n) is 32.9. The fourth-order valence-electron chi connectivity index (χ4n) is 7.31. The Hall–Kier alpha value is -1.43. The Morgan fingerprint density at radius 2 is 0.837 bits per heavy atom. The lowest BCUT2D eigenvalue weighted by molar-refractivity contribution is 0.00578. The van der Waals surface area contributed by atoms with E-state index in [1.165, 1.54) is 10.4 Å². The first kappa shape index (κ1) is 38.8. The molecule has 1 atom stereocenters. The predicted molar refractivity (Wildman–Crippen MR) is 204 cm³/mol. The molecule has 0 aromatic heterocycles. The van der Waals surface area contributed by atoms with Crippen LogP contribution < -0.4 is 10.4 Å². The van der Waals surface area contributed by atoms with Crippen molar-refractivity contribution < 1.29 is 32.4 Å². The van der Waals surface area contributed by atoms with Gasteiger partial charge in [-0.1, -0.05) is 81.4 Å². The molecule has 268 valence electrons. The fourth-order valence-corrected chi connectivity index (χ4v) is 11.9. The molecule has 3 saturated heterocycles. The van der Waals surface area contributed by atoms with Gasteiger partial charge >= 0.3 is 21.4 Å². The average molecular weight is 690 g/mol. The summed E-state index contributed by atoms with van der Waals surface area (Å²) in [4.78, 5) is 0. The van der Waals surface area contributed by atoms with E-state index in [1.54, 1.807) is 0 Å². The van der Waals surface area contributed by atoms with Crippen LogP contribution in [0.25, 0.3) is 0 Å². The van der Waals surface area contributed by atoms with E-state index in [4.69, 9.17) is 32.4 Å². The van der Waals surface area contributed by atoms with Crippen molar-refractivity contribution >= 4 is 40.0 Å². The van der Waals surface area contributed by atoms with E-state index in [0.29, 0.717) is 13.0 Å². The molecule has 5 rings (SSSR count). The summed E-state index contributed by atoms with van der Waals surface area (Å²) in [6.07, 6.45) is 0.611. The Morgan fingerprint density at radius 1 is 0.531 bits per heavy atom. The summed E-state index contributed by atoms with van der Waals surface area (Å²) >= 11 is 0. The van der Waals surface area contributed by atoms with Gasteiger partial charge in [0, 0.05) is 12.3 Å². The van der Waals surface area contributed by atoms with Gasteiger partial charge in [0.2, 0.25) is 0 Å². The van der Waals surface area contributed by atoms with Crippen molar-refractivity contribution in [3.63, 3.8) is 0 Å². The molecule has 2 aromatic rings. The van der Waals surface area contributed by atoms with Crippen molar-refractivity contribution in [3.8, 4) is 0 Å². The molecular weight excluding hydrogens is 629 g/mol. The molecular formula is C38H61B3O7Si. The third-order valence-corrected chi connectivity index (χ3v) is 17.5. The average Bonchev–Trinajstić information content (AvgIpc) is 3.43. The highest BCUT2D eigenvalue weighted by Gasteiger charge is 2.67. The van der Waals surface area contributed by atoms with E-state index in [2.05, 4.69) is 165 Å². The zero-order valence-corrected chi connectivity index (χ0v) is 33.9. The third kappa shape index (κ3) is 6.93. The molecule has 2 aromatic carbocycles. The second-order valence-corrected chi connectivity index (χ2v) is 22.7. The monoisotopic (exact) mass is 690 g/mol. The Labute approximate surface area is 299 Å². The summed E-state index contributed by atoms with van der Waals surface area (Å²) in [6, 6.07) is 21.5. The number of benzene rings is 2. The van der Waals surface area contributed by atoms with E-state index < -0.39 is 63.3 Å². The first-order chi connectivity index (χ1) is 22.4. The van der Waals surface area contributed by atoms with Crippen LogP contribution in [0.4, 0.5) is 0 Å². The highest BCUT2D eigenvalue weighted by Crippen LogP contribution is 2.53. The topological polar surface area (TPSA) is 64.6 Å². The van der Waals surface area contributed by atoms with Crippen molar-refractivity contribution in [1.29, 1.82) is 0 Å². The van der Waals surface area contributed by atoms with Crippen LogP contribution in [-0.2, 0) is 32.4 Å². The van der Waals surface area contributed by atoms with Crippen LogP contribution in [0.3, 0.4) is 0 Å². The van der Waals surface area contributed by atoms with Crippen LogP contribution >= 0.6 is 0 Å². The maximum absolute atomic E-state index is 7.46. The maximum atomic E-state index is 7.46. The molecule has 0 spiro atoms. The van der Waals surface area contributed by atoms with Crippen LogP contribution in [0.2, 0.25) is 16.6 Å². The second-order valence-electron chi connectivity index (χ2n) is 18.4. The minimum absolute atomic E-state index is 0.160. The van der Waals surface area contributed by atoms with Gasteiger partial charge in [-0.05, 0) is 111 Å². The van der Waals surface area contributed by atoms with Crippen molar-refractivity contribution in [3.05, 3.63) is 60.7 Å². The molecule has 0 radical (unpaired) electrons. The summed E-state index contributed by atoms with van der Waals surface area (Å²) in [6.45, 7) is 32.5. The van der Waals surface area contributed by atoms with Gasteiger partial charge in [-0.25, -0.2) is 0 Å². The number of rotatable bonds is 10. The summed E-state index contributed by atoms with van der Waals surface area (Å²) in [5.41, 5.74) is -3.66. The van der Waals surface area contributed by atoms with Gasteiger partial charge < -0.3 is 32.4 Å². The van der Waals surface area contributed by atoms with Gasteiger partial charge in [0.05, 0.1) is 33.6 Å².